The van der Waals surface area contributed by atoms with Gasteiger partial charge in [-0.25, -0.2) is 0 Å². The maximum atomic E-state index is 2.39. The molecular formula is C15H25I. The van der Waals surface area contributed by atoms with E-state index in [1.54, 1.807) is 0 Å². The lowest BCUT2D eigenvalue weighted by atomic mass is 10.1. The molecule has 0 heterocycles. The molecule has 0 nitrogen and oxygen atoms in total. The number of halogens is 1. The van der Waals surface area contributed by atoms with Gasteiger partial charge >= 0.3 is 0 Å². The fraction of sp³-hybridized carbons (Fsp3) is 0.600. The van der Waals surface area contributed by atoms with Gasteiger partial charge in [-0.3, -0.25) is 0 Å². The van der Waals surface area contributed by atoms with Crippen molar-refractivity contribution in [1.29, 1.82) is 0 Å². The maximum absolute atomic E-state index is 2.39. The van der Waals surface area contributed by atoms with E-state index in [4.69, 9.17) is 0 Å². The number of rotatable bonds is 7. The van der Waals surface area contributed by atoms with Crippen molar-refractivity contribution in [1.82, 2.24) is 0 Å². The average Bonchev–Trinajstić information content (AvgIpc) is 2.17. The van der Waals surface area contributed by atoms with Gasteiger partial charge in [-0.1, -0.05) is 57.5 Å². The zero-order chi connectivity index (χ0) is 12.4. The molecule has 0 aromatic carbocycles. The Balaban J connectivity index is 3.79. The summed E-state index contributed by atoms with van der Waals surface area (Å²) in [6.45, 7) is 8.80. The molecule has 16 heavy (non-hydrogen) atoms. The van der Waals surface area contributed by atoms with Crippen LogP contribution in [0.5, 0.6) is 0 Å². The van der Waals surface area contributed by atoms with Crippen molar-refractivity contribution in [3.05, 3.63) is 34.9 Å². The number of hydrogen-bond donors (Lipinski definition) is 0. The minimum Gasteiger partial charge on any atom is -0.0856 e. The minimum atomic E-state index is 1.13. The van der Waals surface area contributed by atoms with Crippen LogP contribution in [0, 0.1) is 0 Å². The Labute approximate surface area is 115 Å². The van der Waals surface area contributed by atoms with Gasteiger partial charge in [0.25, 0.3) is 0 Å². The Hall–Kier alpha value is -0.0500. The molecule has 0 amide bonds. The molecule has 0 saturated carbocycles. The van der Waals surface area contributed by atoms with Crippen LogP contribution in [0.2, 0.25) is 0 Å². The lowest BCUT2D eigenvalue weighted by Crippen LogP contribution is -1.80. The molecule has 0 rings (SSSR count). The molecule has 1 heteroatoms. The predicted octanol–water partition coefficient (Wildman–Crippen LogP) is 5.84. The monoisotopic (exact) mass is 332 g/mol. The summed E-state index contributed by atoms with van der Waals surface area (Å²) in [6.07, 6.45) is 11.8. The van der Waals surface area contributed by atoms with E-state index < -0.39 is 0 Å². The summed E-state index contributed by atoms with van der Waals surface area (Å²) in [5.74, 6) is 0. The summed E-state index contributed by atoms with van der Waals surface area (Å²) in [6, 6.07) is 0. The smallest absolute Gasteiger partial charge is 0.0178 e. The summed E-state index contributed by atoms with van der Waals surface area (Å²) >= 11 is 2.39. The van der Waals surface area contributed by atoms with Gasteiger partial charge in [0.15, 0.2) is 0 Å². The molecule has 92 valence electrons. The van der Waals surface area contributed by atoms with Crippen molar-refractivity contribution >= 4 is 22.6 Å². The first-order valence-electron chi connectivity index (χ1n) is 6.07. The molecule has 0 unspecified atom stereocenters. The Morgan fingerprint density at radius 3 is 1.81 bits per heavy atom. The second kappa shape index (κ2) is 10.1. The molecule has 0 spiro atoms. The first-order valence-corrected chi connectivity index (χ1v) is 7.59. The van der Waals surface area contributed by atoms with Gasteiger partial charge in [0, 0.05) is 4.43 Å². The summed E-state index contributed by atoms with van der Waals surface area (Å²) < 4.78 is 1.13. The van der Waals surface area contributed by atoms with Gasteiger partial charge in [-0.05, 0) is 53.4 Å². The lowest BCUT2D eigenvalue weighted by molar-refractivity contribution is 0.917. The van der Waals surface area contributed by atoms with Crippen molar-refractivity contribution in [3.63, 3.8) is 0 Å². The average molecular weight is 332 g/mol. The van der Waals surface area contributed by atoms with Crippen LogP contribution in [0.4, 0.5) is 0 Å². The van der Waals surface area contributed by atoms with Crippen LogP contribution < -0.4 is 0 Å². The van der Waals surface area contributed by atoms with E-state index in [2.05, 4.69) is 68.5 Å². The molecule has 0 aliphatic heterocycles. The van der Waals surface area contributed by atoms with E-state index in [-0.39, 0.29) is 0 Å². The van der Waals surface area contributed by atoms with Gasteiger partial charge in [-0.2, -0.15) is 0 Å². The van der Waals surface area contributed by atoms with Gasteiger partial charge < -0.3 is 0 Å². The van der Waals surface area contributed by atoms with Crippen LogP contribution in [-0.4, -0.2) is 4.43 Å². The van der Waals surface area contributed by atoms with Crippen LogP contribution >= 0.6 is 22.6 Å². The first-order chi connectivity index (χ1) is 7.56. The fourth-order valence-corrected chi connectivity index (χ4v) is 2.22. The molecule has 0 aromatic heterocycles. The highest BCUT2D eigenvalue weighted by Crippen LogP contribution is 2.11. The molecule has 0 atom stereocenters. The van der Waals surface area contributed by atoms with Crippen molar-refractivity contribution in [2.24, 2.45) is 0 Å². The quantitative estimate of drug-likeness (QED) is 0.312. The second-order valence-corrected chi connectivity index (χ2v) is 5.49. The van der Waals surface area contributed by atoms with Crippen LogP contribution in [0.1, 0.15) is 53.4 Å². The van der Waals surface area contributed by atoms with E-state index in [1.165, 1.54) is 42.4 Å². The summed E-state index contributed by atoms with van der Waals surface area (Å²) in [5, 5.41) is 0. The van der Waals surface area contributed by atoms with Gasteiger partial charge in [-0.15, -0.1) is 0 Å². The molecular weight excluding hydrogens is 307 g/mol. The fourth-order valence-electron chi connectivity index (χ4n) is 1.47. The summed E-state index contributed by atoms with van der Waals surface area (Å²) in [5.41, 5.74) is 4.47. The minimum absolute atomic E-state index is 1.13. The highest BCUT2D eigenvalue weighted by Gasteiger charge is 1.91. The molecule has 0 aromatic rings. The molecule has 0 aliphatic rings. The Morgan fingerprint density at radius 2 is 1.31 bits per heavy atom. The molecule has 0 saturated heterocycles. The summed E-state index contributed by atoms with van der Waals surface area (Å²) in [4.78, 5) is 0. The molecule has 0 aliphatic carbocycles. The zero-order valence-corrected chi connectivity index (χ0v) is 13.3. The van der Waals surface area contributed by atoms with Crippen LogP contribution in [0.15, 0.2) is 34.9 Å². The topological polar surface area (TPSA) is 0 Å². The zero-order valence-electron chi connectivity index (χ0n) is 11.1. The number of alkyl halides is 1. The van der Waals surface area contributed by atoms with Crippen molar-refractivity contribution in [2.75, 3.05) is 4.43 Å². The highest BCUT2D eigenvalue weighted by atomic mass is 127. The third-order valence-electron chi connectivity index (χ3n) is 2.55. The van der Waals surface area contributed by atoms with Crippen LogP contribution in [0.3, 0.4) is 0 Å². The molecule has 0 fully saturated rings. The molecule has 0 N–H and O–H groups in total. The third-order valence-corrected chi connectivity index (χ3v) is 2.99. The molecule has 0 radical (unpaired) electrons. The Morgan fingerprint density at radius 1 is 0.812 bits per heavy atom. The normalized spacial score (nSPS) is 12.8. The predicted molar refractivity (Wildman–Crippen MR) is 84.3 cm³/mol. The van der Waals surface area contributed by atoms with Gasteiger partial charge in [0.2, 0.25) is 0 Å². The van der Waals surface area contributed by atoms with E-state index >= 15 is 0 Å². The van der Waals surface area contributed by atoms with Crippen molar-refractivity contribution in [3.8, 4) is 0 Å². The second-order valence-electron chi connectivity index (χ2n) is 4.61. The molecule has 0 bridgehead atoms. The first kappa shape index (κ1) is 16.0. The van der Waals surface area contributed by atoms with Gasteiger partial charge in [0.1, 0.15) is 0 Å². The summed E-state index contributed by atoms with van der Waals surface area (Å²) in [7, 11) is 0. The highest BCUT2D eigenvalue weighted by molar-refractivity contribution is 14.1. The Kier molecular flexibility index (Phi) is 10.1. The standard InChI is InChI=1S/C15H25I/c1-13(2)7-5-8-14(3)9-6-10-15(4)11-12-16/h7,9,11H,5-6,8,10,12H2,1-4H3/b14-9+,15-11+. The van der Waals surface area contributed by atoms with Gasteiger partial charge in [0.05, 0.1) is 0 Å². The number of allylic oxidation sites excluding steroid dienone is 6. The Bertz CT molecular complexity index is 265. The number of hydrogen-bond acceptors (Lipinski definition) is 0. The largest absolute Gasteiger partial charge is 0.0856 e. The third kappa shape index (κ3) is 10.5. The maximum Gasteiger partial charge on any atom is 0.0178 e. The van der Waals surface area contributed by atoms with E-state index in [9.17, 15) is 0 Å². The van der Waals surface area contributed by atoms with E-state index in [1.807, 2.05) is 0 Å². The van der Waals surface area contributed by atoms with Crippen molar-refractivity contribution in [2.45, 2.75) is 53.4 Å². The van der Waals surface area contributed by atoms with Crippen LogP contribution in [-0.2, 0) is 0 Å². The lowest BCUT2D eigenvalue weighted by Gasteiger charge is -2.00. The SMILES string of the molecule is CC(C)=CCC/C(C)=C/CC/C(C)=C/CI. The van der Waals surface area contributed by atoms with E-state index in [0.29, 0.717) is 0 Å². The van der Waals surface area contributed by atoms with Crippen molar-refractivity contribution < 1.29 is 0 Å². The van der Waals surface area contributed by atoms with E-state index in [0.717, 1.165) is 4.43 Å². The van der Waals surface area contributed by atoms with Crippen LogP contribution in [0.25, 0.3) is 0 Å².